The largest absolute Gasteiger partial charge is 0.372 e. The number of unbranched alkanes of at least 4 members (excludes halogenated alkanes) is 1. The number of hydrogen-bond donors (Lipinski definition) is 1. The molecule has 0 aromatic heterocycles. The van der Waals surface area contributed by atoms with Crippen molar-refractivity contribution in [3.8, 4) is 0 Å². The summed E-state index contributed by atoms with van der Waals surface area (Å²) in [7, 11) is 0. The van der Waals surface area contributed by atoms with Crippen LogP contribution in [0.2, 0.25) is 0 Å². The van der Waals surface area contributed by atoms with Crippen LogP contribution in [0.3, 0.4) is 0 Å². The highest BCUT2D eigenvalue weighted by Crippen LogP contribution is 2.20. The molecular formula is C18H30N2O. The zero-order valence-corrected chi connectivity index (χ0v) is 14.0. The molecule has 1 N–H and O–H groups in total. The van der Waals surface area contributed by atoms with Crippen LogP contribution < -0.4 is 10.2 Å². The molecule has 0 fully saturated rings. The van der Waals surface area contributed by atoms with Crippen molar-refractivity contribution in [2.24, 2.45) is 5.92 Å². The summed E-state index contributed by atoms with van der Waals surface area (Å²) < 4.78 is 0. The molecule has 0 aliphatic carbocycles. The monoisotopic (exact) mass is 290 g/mol. The molecule has 1 aromatic rings. The second-order valence-corrected chi connectivity index (χ2v) is 5.46. The van der Waals surface area contributed by atoms with Crippen LogP contribution in [0.15, 0.2) is 24.3 Å². The molecule has 0 unspecified atom stereocenters. The number of anilines is 2. The first-order valence-corrected chi connectivity index (χ1v) is 8.32. The summed E-state index contributed by atoms with van der Waals surface area (Å²) in [4.78, 5) is 14.6. The first kappa shape index (κ1) is 17.5. The van der Waals surface area contributed by atoms with E-state index in [1.165, 1.54) is 5.69 Å². The SMILES string of the molecule is CCCC[C@@H](CC)C(=O)Nc1ccc(N(CC)CC)cc1. The van der Waals surface area contributed by atoms with E-state index in [4.69, 9.17) is 0 Å². The molecule has 1 atom stereocenters. The van der Waals surface area contributed by atoms with E-state index in [1.54, 1.807) is 0 Å². The molecule has 0 spiro atoms. The molecule has 0 saturated carbocycles. The van der Waals surface area contributed by atoms with Crippen molar-refractivity contribution in [1.82, 2.24) is 0 Å². The minimum Gasteiger partial charge on any atom is -0.372 e. The van der Waals surface area contributed by atoms with E-state index >= 15 is 0 Å². The van der Waals surface area contributed by atoms with Crippen LogP contribution >= 0.6 is 0 Å². The van der Waals surface area contributed by atoms with Gasteiger partial charge in [-0.25, -0.2) is 0 Å². The van der Waals surface area contributed by atoms with Crippen molar-refractivity contribution in [3.63, 3.8) is 0 Å². The van der Waals surface area contributed by atoms with Gasteiger partial charge in [-0.05, 0) is 51.0 Å². The van der Waals surface area contributed by atoms with Crippen LogP contribution in [0.4, 0.5) is 11.4 Å². The Labute approximate surface area is 129 Å². The molecule has 1 amide bonds. The molecule has 21 heavy (non-hydrogen) atoms. The highest BCUT2D eigenvalue weighted by atomic mass is 16.1. The minimum atomic E-state index is 0.132. The highest BCUT2D eigenvalue weighted by molar-refractivity contribution is 5.92. The predicted octanol–water partition coefficient (Wildman–Crippen LogP) is 4.69. The Bertz CT molecular complexity index is 410. The standard InChI is InChI=1S/C18H30N2O/c1-5-9-10-15(6-2)18(21)19-16-11-13-17(14-12-16)20(7-3)8-4/h11-15H,5-10H2,1-4H3,(H,19,21)/t15-/m1/s1. The molecule has 0 saturated heterocycles. The fourth-order valence-electron chi connectivity index (χ4n) is 2.56. The third-order valence-electron chi connectivity index (χ3n) is 4.03. The molecule has 118 valence electrons. The molecule has 1 rings (SSSR count). The topological polar surface area (TPSA) is 32.3 Å². The minimum absolute atomic E-state index is 0.132. The van der Waals surface area contributed by atoms with Gasteiger partial charge in [-0.3, -0.25) is 4.79 Å². The van der Waals surface area contributed by atoms with Gasteiger partial charge in [-0.15, -0.1) is 0 Å². The van der Waals surface area contributed by atoms with Crippen LogP contribution in [0.5, 0.6) is 0 Å². The van der Waals surface area contributed by atoms with Crippen LogP contribution in [-0.4, -0.2) is 19.0 Å². The zero-order valence-electron chi connectivity index (χ0n) is 14.0. The lowest BCUT2D eigenvalue weighted by molar-refractivity contribution is -0.120. The first-order chi connectivity index (χ1) is 10.2. The van der Waals surface area contributed by atoms with Gasteiger partial charge in [0, 0.05) is 30.4 Å². The molecule has 3 nitrogen and oxygen atoms in total. The smallest absolute Gasteiger partial charge is 0.227 e. The number of hydrogen-bond acceptors (Lipinski definition) is 2. The maximum Gasteiger partial charge on any atom is 0.227 e. The number of carbonyl (C=O) groups is 1. The number of nitrogens with zero attached hydrogens (tertiary/aromatic N) is 1. The van der Waals surface area contributed by atoms with Gasteiger partial charge in [0.2, 0.25) is 5.91 Å². The van der Waals surface area contributed by atoms with E-state index < -0.39 is 0 Å². The summed E-state index contributed by atoms with van der Waals surface area (Å²) in [5.41, 5.74) is 2.10. The van der Waals surface area contributed by atoms with E-state index in [1.807, 2.05) is 12.1 Å². The van der Waals surface area contributed by atoms with E-state index in [0.717, 1.165) is 44.5 Å². The summed E-state index contributed by atoms with van der Waals surface area (Å²) in [5, 5.41) is 3.05. The van der Waals surface area contributed by atoms with Crippen molar-refractivity contribution in [2.45, 2.75) is 53.4 Å². The Hall–Kier alpha value is -1.51. The van der Waals surface area contributed by atoms with Crippen molar-refractivity contribution in [1.29, 1.82) is 0 Å². The summed E-state index contributed by atoms with van der Waals surface area (Å²) in [6, 6.07) is 8.15. The van der Waals surface area contributed by atoms with Gasteiger partial charge in [0.15, 0.2) is 0 Å². The predicted molar refractivity (Wildman–Crippen MR) is 91.9 cm³/mol. The molecule has 0 aliphatic rings. The quantitative estimate of drug-likeness (QED) is 0.715. The van der Waals surface area contributed by atoms with E-state index in [-0.39, 0.29) is 11.8 Å². The first-order valence-electron chi connectivity index (χ1n) is 8.32. The molecule has 0 aliphatic heterocycles. The molecule has 0 radical (unpaired) electrons. The highest BCUT2D eigenvalue weighted by Gasteiger charge is 2.15. The molecule has 0 heterocycles. The normalized spacial score (nSPS) is 12.0. The Morgan fingerprint density at radius 1 is 1.10 bits per heavy atom. The Kier molecular flexibility index (Phi) is 7.88. The van der Waals surface area contributed by atoms with Crippen molar-refractivity contribution in [3.05, 3.63) is 24.3 Å². The lowest BCUT2D eigenvalue weighted by Crippen LogP contribution is -2.23. The van der Waals surface area contributed by atoms with Gasteiger partial charge < -0.3 is 10.2 Å². The molecule has 0 bridgehead atoms. The Morgan fingerprint density at radius 3 is 2.19 bits per heavy atom. The summed E-state index contributed by atoms with van der Waals surface area (Å²) in [6.45, 7) is 10.5. The fourth-order valence-corrected chi connectivity index (χ4v) is 2.56. The van der Waals surface area contributed by atoms with E-state index in [0.29, 0.717) is 0 Å². The number of benzene rings is 1. The van der Waals surface area contributed by atoms with Gasteiger partial charge in [-0.2, -0.15) is 0 Å². The number of amides is 1. The second kappa shape index (κ2) is 9.43. The maximum absolute atomic E-state index is 12.3. The molecule has 3 heteroatoms. The third kappa shape index (κ3) is 5.41. The Morgan fingerprint density at radius 2 is 1.71 bits per heavy atom. The number of nitrogens with one attached hydrogen (secondary N) is 1. The molecular weight excluding hydrogens is 260 g/mol. The van der Waals surface area contributed by atoms with Crippen molar-refractivity contribution >= 4 is 17.3 Å². The summed E-state index contributed by atoms with van der Waals surface area (Å²) in [5.74, 6) is 0.286. The maximum atomic E-state index is 12.3. The van der Waals surface area contributed by atoms with Crippen LogP contribution in [0, 0.1) is 5.92 Å². The van der Waals surface area contributed by atoms with E-state index in [9.17, 15) is 4.79 Å². The van der Waals surface area contributed by atoms with Crippen molar-refractivity contribution in [2.75, 3.05) is 23.3 Å². The average Bonchev–Trinajstić information content (AvgIpc) is 2.51. The summed E-state index contributed by atoms with van der Waals surface area (Å²) >= 11 is 0. The van der Waals surface area contributed by atoms with Gasteiger partial charge in [0.05, 0.1) is 0 Å². The number of carbonyl (C=O) groups excluding carboxylic acids is 1. The number of rotatable bonds is 9. The second-order valence-electron chi connectivity index (χ2n) is 5.46. The Balaban J connectivity index is 2.64. The fraction of sp³-hybridized carbons (Fsp3) is 0.611. The molecule has 1 aromatic carbocycles. The lowest BCUT2D eigenvalue weighted by Gasteiger charge is -2.21. The summed E-state index contributed by atoms with van der Waals surface area (Å²) in [6.07, 6.45) is 4.15. The zero-order chi connectivity index (χ0) is 15.7. The van der Waals surface area contributed by atoms with Crippen LogP contribution in [-0.2, 0) is 4.79 Å². The van der Waals surface area contributed by atoms with Crippen LogP contribution in [0.25, 0.3) is 0 Å². The lowest BCUT2D eigenvalue weighted by atomic mass is 9.98. The van der Waals surface area contributed by atoms with Gasteiger partial charge in [-0.1, -0.05) is 26.7 Å². The van der Waals surface area contributed by atoms with Crippen molar-refractivity contribution < 1.29 is 4.79 Å². The van der Waals surface area contributed by atoms with Crippen LogP contribution in [0.1, 0.15) is 53.4 Å². The van der Waals surface area contributed by atoms with Gasteiger partial charge in [0.1, 0.15) is 0 Å². The van der Waals surface area contributed by atoms with Gasteiger partial charge in [0.25, 0.3) is 0 Å². The third-order valence-corrected chi connectivity index (χ3v) is 4.03. The average molecular weight is 290 g/mol. The van der Waals surface area contributed by atoms with Gasteiger partial charge >= 0.3 is 0 Å². The van der Waals surface area contributed by atoms with E-state index in [2.05, 4.69) is 50.0 Å².